The van der Waals surface area contributed by atoms with E-state index >= 15 is 0 Å². The summed E-state index contributed by atoms with van der Waals surface area (Å²) in [5.74, 6) is 0.928. The number of nitrogens with one attached hydrogen (secondary N) is 1. The molecule has 1 rings (SSSR count). The van der Waals surface area contributed by atoms with Crippen LogP contribution in [0.1, 0.15) is 39.5 Å². The third-order valence-corrected chi connectivity index (χ3v) is 3.51. The second-order valence-electron chi connectivity index (χ2n) is 4.94. The first-order chi connectivity index (χ1) is 9.62. The van der Waals surface area contributed by atoms with Crippen molar-refractivity contribution >= 4 is 11.4 Å². The van der Waals surface area contributed by atoms with Crippen LogP contribution in [-0.2, 0) is 0 Å². The summed E-state index contributed by atoms with van der Waals surface area (Å²) < 4.78 is 5.06. The third kappa shape index (κ3) is 4.72. The first-order valence-electron chi connectivity index (χ1n) is 7.18. The minimum atomic E-state index is -0.432. The average molecular weight is 280 g/mol. The first-order valence-corrected chi connectivity index (χ1v) is 7.18. The summed E-state index contributed by atoms with van der Waals surface area (Å²) in [6, 6.07) is 4.89. The van der Waals surface area contributed by atoms with E-state index in [1.165, 1.54) is 32.4 Å². The molecule has 1 unspecified atom stereocenters. The van der Waals surface area contributed by atoms with Gasteiger partial charge in [0.2, 0.25) is 0 Å². The number of hydrogen-bond acceptors (Lipinski definition) is 4. The topological polar surface area (TPSA) is 64.4 Å². The fourth-order valence-corrected chi connectivity index (χ4v) is 2.14. The molecule has 20 heavy (non-hydrogen) atoms. The second kappa shape index (κ2) is 8.40. The van der Waals surface area contributed by atoms with Crippen LogP contribution in [0.5, 0.6) is 5.75 Å². The van der Waals surface area contributed by atoms with E-state index in [2.05, 4.69) is 19.2 Å². The number of anilines is 1. The van der Waals surface area contributed by atoms with Gasteiger partial charge in [0.15, 0.2) is 5.75 Å². The Labute approximate surface area is 120 Å². The molecule has 0 amide bonds. The van der Waals surface area contributed by atoms with Gasteiger partial charge in [0.05, 0.1) is 12.0 Å². The van der Waals surface area contributed by atoms with E-state index in [1.807, 2.05) is 0 Å². The molecule has 0 radical (unpaired) electrons. The Morgan fingerprint density at radius 1 is 1.40 bits per heavy atom. The number of nitro groups is 1. The van der Waals surface area contributed by atoms with Gasteiger partial charge in [-0.05, 0) is 18.4 Å². The van der Waals surface area contributed by atoms with Crippen LogP contribution in [0.25, 0.3) is 0 Å². The lowest BCUT2D eigenvalue weighted by Gasteiger charge is -2.16. The number of nitro benzene ring substituents is 1. The Hall–Kier alpha value is -1.78. The second-order valence-corrected chi connectivity index (χ2v) is 4.94. The SMILES string of the molecule is CCCCC(CC)CNc1ccc([N+](=O)[O-])c(OC)c1. The van der Waals surface area contributed by atoms with Crippen molar-refractivity contribution in [2.75, 3.05) is 19.0 Å². The number of rotatable bonds is 9. The van der Waals surface area contributed by atoms with Crippen molar-refractivity contribution in [3.05, 3.63) is 28.3 Å². The van der Waals surface area contributed by atoms with Gasteiger partial charge in [-0.15, -0.1) is 0 Å². The van der Waals surface area contributed by atoms with E-state index in [4.69, 9.17) is 4.74 Å². The number of nitrogens with zero attached hydrogens (tertiary/aromatic N) is 1. The van der Waals surface area contributed by atoms with E-state index < -0.39 is 4.92 Å². The minimum Gasteiger partial charge on any atom is -0.490 e. The van der Waals surface area contributed by atoms with Crippen LogP contribution in [0.3, 0.4) is 0 Å². The van der Waals surface area contributed by atoms with E-state index in [0.717, 1.165) is 18.7 Å². The highest BCUT2D eigenvalue weighted by Gasteiger charge is 2.15. The van der Waals surface area contributed by atoms with Gasteiger partial charge in [0.1, 0.15) is 0 Å². The summed E-state index contributed by atoms with van der Waals surface area (Å²) >= 11 is 0. The summed E-state index contributed by atoms with van der Waals surface area (Å²) in [5, 5.41) is 14.2. The van der Waals surface area contributed by atoms with Crippen LogP contribution in [0.15, 0.2) is 18.2 Å². The Bertz CT molecular complexity index is 435. The number of benzene rings is 1. The maximum absolute atomic E-state index is 10.8. The van der Waals surface area contributed by atoms with E-state index in [1.54, 1.807) is 12.1 Å². The lowest BCUT2D eigenvalue weighted by molar-refractivity contribution is -0.385. The molecule has 5 nitrogen and oxygen atoms in total. The van der Waals surface area contributed by atoms with Gasteiger partial charge in [-0.2, -0.15) is 0 Å². The maximum Gasteiger partial charge on any atom is 0.311 e. The monoisotopic (exact) mass is 280 g/mol. The van der Waals surface area contributed by atoms with E-state index in [0.29, 0.717) is 11.7 Å². The Balaban J connectivity index is 2.66. The van der Waals surface area contributed by atoms with Gasteiger partial charge >= 0.3 is 5.69 Å². The predicted molar refractivity (Wildman–Crippen MR) is 81.4 cm³/mol. The summed E-state index contributed by atoms with van der Waals surface area (Å²) in [7, 11) is 1.45. The summed E-state index contributed by atoms with van der Waals surface area (Å²) in [6.07, 6.45) is 4.80. The lowest BCUT2D eigenvalue weighted by Crippen LogP contribution is -2.13. The van der Waals surface area contributed by atoms with Crippen LogP contribution < -0.4 is 10.1 Å². The molecule has 0 fully saturated rings. The molecule has 0 saturated heterocycles. The third-order valence-electron chi connectivity index (χ3n) is 3.51. The van der Waals surface area contributed by atoms with Crippen molar-refractivity contribution < 1.29 is 9.66 Å². The molecule has 0 heterocycles. The molecule has 0 aliphatic heterocycles. The van der Waals surface area contributed by atoms with Crippen molar-refractivity contribution in [2.45, 2.75) is 39.5 Å². The molecular formula is C15H24N2O3. The van der Waals surface area contributed by atoms with Crippen LogP contribution >= 0.6 is 0 Å². The average Bonchev–Trinajstić information content (AvgIpc) is 2.47. The van der Waals surface area contributed by atoms with Crippen molar-refractivity contribution in [1.29, 1.82) is 0 Å². The number of unbranched alkanes of at least 4 members (excludes halogenated alkanes) is 1. The van der Waals surface area contributed by atoms with E-state index in [9.17, 15) is 10.1 Å². The van der Waals surface area contributed by atoms with Crippen molar-refractivity contribution in [2.24, 2.45) is 5.92 Å². The van der Waals surface area contributed by atoms with Crippen LogP contribution in [0.2, 0.25) is 0 Å². The zero-order chi connectivity index (χ0) is 15.0. The molecule has 1 aromatic rings. The maximum atomic E-state index is 10.8. The molecular weight excluding hydrogens is 256 g/mol. The van der Waals surface area contributed by atoms with Crippen LogP contribution in [-0.4, -0.2) is 18.6 Å². The van der Waals surface area contributed by atoms with Gasteiger partial charge in [-0.1, -0.05) is 33.1 Å². The summed E-state index contributed by atoms with van der Waals surface area (Å²) in [5.41, 5.74) is 0.860. The Morgan fingerprint density at radius 2 is 2.15 bits per heavy atom. The zero-order valence-electron chi connectivity index (χ0n) is 12.5. The fraction of sp³-hybridized carbons (Fsp3) is 0.600. The quantitative estimate of drug-likeness (QED) is 0.543. The van der Waals surface area contributed by atoms with Gasteiger partial charge in [0.25, 0.3) is 0 Å². The number of methoxy groups -OCH3 is 1. The van der Waals surface area contributed by atoms with Gasteiger partial charge in [-0.25, -0.2) is 0 Å². The van der Waals surface area contributed by atoms with Gasteiger partial charge in [-0.3, -0.25) is 10.1 Å². The highest BCUT2D eigenvalue weighted by atomic mass is 16.6. The molecule has 1 aromatic carbocycles. The molecule has 0 saturated carbocycles. The molecule has 0 bridgehead atoms. The largest absolute Gasteiger partial charge is 0.490 e. The molecule has 112 valence electrons. The smallest absolute Gasteiger partial charge is 0.311 e. The Kier molecular flexibility index (Phi) is 6.84. The molecule has 1 N–H and O–H groups in total. The Morgan fingerprint density at radius 3 is 2.70 bits per heavy atom. The van der Waals surface area contributed by atoms with E-state index in [-0.39, 0.29) is 5.69 Å². The van der Waals surface area contributed by atoms with Crippen LogP contribution in [0, 0.1) is 16.0 Å². The minimum absolute atomic E-state index is 0.00363. The number of hydrogen-bond donors (Lipinski definition) is 1. The van der Waals surface area contributed by atoms with Crippen LogP contribution in [0.4, 0.5) is 11.4 Å². The summed E-state index contributed by atoms with van der Waals surface area (Å²) in [6.45, 7) is 5.28. The highest BCUT2D eigenvalue weighted by molar-refractivity contribution is 5.57. The highest BCUT2D eigenvalue weighted by Crippen LogP contribution is 2.29. The molecule has 0 aliphatic rings. The molecule has 1 atom stereocenters. The molecule has 0 aromatic heterocycles. The molecule has 0 aliphatic carbocycles. The zero-order valence-corrected chi connectivity index (χ0v) is 12.5. The molecule has 0 spiro atoms. The number of ether oxygens (including phenoxy) is 1. The van der Waals surface area contributed by atoms with Crippen molar-refractivity contribution in [1.82, 2.24) is 0 Å². The predicted octanol–water partition coefficient (Wildman–Crippen LogP) is 4.23. The first kappa shape index (κ1) is 16.3. The molecule has 5 heteroatoms. The normalized spacial score (nSPS) is 11.9. The lowest BCUT2D eigenvalue weighted by atomic mass is 9.99. The standard InChI is InChI=1S/C15H24N2O3/c1-4-6-7-12(5-2)11-16-13-8-9-14(17(18)19)15(10-13)20-3/h8-10,12,16H,4-7,11H2,1-3H3. The van der Waals surface area contributed by atoms with Crippen molar-refractivity contribution in [3.8, 4) is 5.75 Å². The van der Waals surface area contributed by atoms with Gasteiger partial charge < -0.3 is 10.1 Å². The summed E-state index contributed by atoms with van der Waals surface area (Å²) in [4.78, 5) is 10.4. The fourth-order valence-electron chi connectivity index (χ4n) is 2.14. The van der Waals surface area contributed by atoms with Gasteiger partial charge in [0, 0.05) is 24.4 Å². The van der Waals surface area contributed by atoms with Crippen molar-refractivity contribution in [3.63, 3.8) is 0 Å².